The zero-order valence-corrected chi connectivity index (χ0v) is 11.3. The van der Waals surface area contributed by atoms with Crippen molar-refractivity contribution in [1.29, 1.82) is 0 Å². The summed E-state index contributed by atoms with van der Waals surface area (Å²) in [6.45, 7) is 1.87. The quantitative estimate of drug-likeness (QED) is 0.650. The van der Waals surface area contributed by atoms with Crippen LogP contribution in [0.25, 0.3) is 11.1 Å². The van der Waals surface area contributed by atoms with Crippen LogP contribution >= 0.6 is 11.6 Å². The Kier molecular flexibility index (Phi) is 4.14. The SMILES string of the molecule is Cc1ccc(N=C(Cl)C(F)(F)F)c(-c2ccccc2)c1. The van der Waals surface area contributed by atoms with Gasteiger partial charge in [0.05, 0.1) is 5.69 Å². The summed E-state index contributed by atoms with van der Waals surface area (Å²) in [4.78, 5) is 3.50. The Morgan fingerprint density at radius 1 is 1.05 bits per heavy atom. The smallest absolute Gasteiger partial charge is 0.232 e. The van der Waals surface area contributed by atoms with E-state index in [2.05, 4.69) is 4.99 Å². The number of aryl methyl sites for hydroxylation is 1. The summed E-state index contributed by atoms with van der Waals surface area (Å²) < 4.78 is 37.5. The molecule has 0 amide bonds. The second-order valence-corrected chi connectivity index (χ2v) is 4.65. The molecule has 2 aromatic rings. The van der Waals surface area contributed by atoms with E-state index in [1.54, 1.807) is 12.1 Å². The summed E-state index contributed by atoms with van der Waals surface area (Å²) in [6, 6.07) is 14.1. The van der Waals surface area contributed by atoms with Gasteiger partial charge in [-0.25, -0.2) is 4.99 Å². The predicted molar refractivity (Wildman–Crippen MR) is 75.6 cm³/mol. The molecule has 0 aliphatic rings. The molecule has 2 aromatic carbocycles. The first-order chi connectivity index (χ1) is 9.38. The van der Waals surface area contributed by atoms with Gasteiger partial charge in [0.25, 0.3) is 0 Å². The maximum Gasteiger partial charge on any atom is 0.444 e. The molecule has 0 saturated heterocycles. The van der Waals surface area contributed by atoms with Crippen molar-refractivity contribution in [3.8, 4) is 11.1 Å². The molecule has 0 aliphatic carbocycles. The number of nitrogens with zero attached hydrogens (tertiary/aromatic N) is 1. The van der Waals surface area contributed by atoms with Gasteiger partial charge in [-0.1, -0.05) is 53.6 Å². The highest BCUT2D eigenvalue weighted by Crippen LogP contribution is 2.33. The van der Waals surface area contributed by atoms with Gasteiger partial charge in [-0.3, -0.25) is 0 Å². The maximum absolute atomic E-state index is 12.5. The molecule has 0 heterocycles. The molecule has 0 spiro atoms. The molecule has 20 heavy (non-hydrogen) atoms. The molecule has 0 aliphatic heterocycles. The second-order valence-electron chi connectivity index (χ2n) is 4.29. The predicted octanol–water partition coefficient (Wildman–Crippen LogP) is 5.49. The van der Waals surface area contributed by atoms with Crippen LogP contribution in [0.1, 0.15) is 5.56 Å². The Bertz CT molecular complexity index is 633. The van der Waals surface area contributed by atoms with Crippen LogP contribution < -0.4 is 0 Å². The Morgan fingerprint density at radius 3 is 2.30 bits per heavy atom. The van der Waals surface area contributed by atoms with Gasteiger partial charge in [0.2, 0.25) is 5.17 Å². The van der Waals surface area contributed by atoms with Crippen LogP contribution in [0.5, 0.6) is 0 Å². The molecule has 1 nitrogen and oxygen atoms in total. The lowest BCUT2D eigenvalue weighted by atomic mass is 10.0. The van der Waals surface area contributed by atoms with E-state index >= 15 is 0 Å². The van der Waals surface area contributed by atoms with Crippen molar-refractivity contribution in [1.82, 2.24) is 0 Å². The van der Waals surface area contributed by atoms with Crippen LogP contribution in [-0.2, 0) is 0 Å². The van der Waals surface area contributed by atoms with Crippen LogP contribution in [0.2, 0.25) is 0 Å². The monoisotopic (exact) mass is 297 g/mol. The number of aliphatic imine (C=N–C) groups is 1. The minimum atomic E-state index is -4.64. The average Bonchev–Trinajstić information content (AvgIpc) is 2.40. The topological polar surface area (TPSA) is 12.4 Å². The largest absolute Gasteiger partial charge is 0.444 e. The lowest BCUT2D eigenvalue weighted by Crippen LogP contribution is -2.16. The van der Waals surface area contributed by atoms with Gasteiger partial charge >= 0.3 is 6.18 Å². The first-order valence-electron chi connectivity index (χ1n) is 5.85. The molecule has 0 aromatic heterocycles. The number of alkyl halides is 3. The lowest BCUT2D eigenvalue weighted by Gasteiger charge is -2.09. The number of rotatable bonds is 2. The van der Waals surface area contributed by atoms with Gasteiger partial charge in [-0.05, 0) is 24.6 Å². The van der Waals surface area contributed by atoms with Crippen molar-refractivity contribution in [2.45, 2.75) is 13.1 Å². The van der Waals surface area contributed by atoms with Crippen molar-refractivity contribution >= 4 is 22.5 Å². The van der Waals surface area contributed by atoms with Gasteiger partial charge in [-0.15, -0.1) is 0 Å². The summed E-state index contributed by atoms with van der Waals surface area (Å²) in [5.41, 5.74) is 2.55. The summed E-state index contributed by atoms with van der Waals surface area (Å²) >= 11 is 5.22. The molecule has 0 bridgehead atoms. The highest BCUT2D eigenvalue weighted by atomic mass is 35.5. The average molecular weight is 298 g/mol. The highest BCUT2D eigenvalue weighted by molar-refractivity contribution is 6.67. The van der Waals surface area contributed by atoms with Crippen LogP contribution in [0.3, 0.4) is 0 Å². The van der Waals surface area contributed by atoms with E-state index in [9.17, 15) is 13.2 Å². The molecule has 0 radical (unpaired) electrons. The zero-order valence-electron chi connectivity index (χ0n) is 10.6. The fourth-order valence-electron chi connectivity index (χ4n) is 1.77. The Labute approximate surface area is 119 Å². The molecule has 5 heteroatoms. The first kappa shape index (κ1) is 14.6. The third kappa shape index (κ3) is 3.39. The normalized spacial score (nSPS) is 12.6. The summed E-state index contributed by atoms with van der Waals surface area (Å²) in [6.07, 6.45) is -4.64. The van der Waals surface area contributed by atoms with E-state index < -0.39 is 11.3 Å². The third-order valence-electron chi connectivity index (χ3n) is 2.69. The maximum atomic E-state index is 12.5. The first-order valence-corrected chi connectivity index (χ1v) is 6.23. The van der Waals surface area contributed by atoms with Gasteiger partial charge < -0.3 is 0 Å². The zero-order chi connectivity index (χ0) is 14.8. The van der Waals surface area contributed by atoms with Crippen molar-refractivity contribution in [2.24, 2.45) is 4.99 Å². The van der Waals surface area contributed by atoms with Gasteiger partial charge in [-0.2, -0.15) is 13.2 Å². The molecular formula is C15H11ClF3N. The molecule has 0 N–H and O–H groups in total. The van der Waals surface area contributed by atoms with E-state index in [4.69, 9.17) is 11.6 Å². The van der Waals surface area contributed by atoms with Crippen LogP contribution in [0, 0.1) is 6.92 Å². The highest BCUT2D eigenvalue weighted by Gasteiger charge is 2.34. The fourth-order valence-corrected chi connectivity index (χ4v) is 1.86. The molecule has 0 unspecified atom stereocenters. The molecule has 2 rings (SSSR count). The fraction of sp³-hybridized carbons (Fsp3) is 0.133. The lowest BCUT2D eigenvalue weighted by molar-refractivity contribution is -0.0558. The second kappa shape index (κ2) is 5.67. The van der Waals surface area contributed by atoms with E-state index in [1.807, 2.05) is 37.3 Å². The molecule has 0 saturated carbocycles. The minimum Gasteiger partial charge on any atom is -0.232 e. The van der Waals surface area contributed by atoms with Crippen molar-refractivity contribution in [2.75, 3.05) is 0 Å². The number of halogens is 4. The molecular weight excluding hydrogens is 287 g/mol. The Hall–Kier alpha value is -1.81. The van der Waals surface area contributed by atoms with E-state index in [1.165, 1.54) is 6.07 Å². The minimum absolute atomic E-state index is 0.198. The molecule has 0 atom stereocenters. The van der Waals surface area contributed by atoms with E-state index in [0.29, 0.717) is 5.56 Å². The molecule has 104 valence electrons. The van der Waals surface area contributed by atoms with E-state index in [-0.39, 0.29) is 5.69 Å². The number of hydrogen-bond acceptors (Lipinski definition) is 1. The summed E-state index contributed by atoms with van der Waals surface area (Å²) in [7, 11) is 0. The Balaban J connectivity index is 2.56. The summed E-state index contributed by atoms with van der Waals surface area (Å²) in [5, 5.41) is -1.38. The van der Waals surface area contributed by atoms with Crippen molar-refractivity contribution in [3.63, 3.8) is 0 Å². The van der Waals surface area contributed by atoms with E-state index in [0.717, 1.165) is 11.1 Å². The van der Waals surface area contributed by atoms with Crippen LogP contribution in [0.4, 0.5) is 18.9 Å². The van der Waals surface area contributed by atoms with Gasteiger partial charge in [0.15, 0.2) is 0 Å². The van der Waals surface area contributed by atoms with Crippen molar-refractivity contribution < 1.29 is 13.2 Å². The van der Waals surface area contributed by atoms with Crippen LogP contribution in [0.15, 0.2) is 53.5 Å². The summed E-state index contributed by atoms with van der Waals surface area (Å²) in [5.74, 6) is 0. The van der Waals surface area contributed by atoms with Crippen LogP contribution in [-0.4, -0.2) is 11.3 Å². The standard InChI is InChI=1S/C15H11ClF3N/c1-10-7-8-13(20-14(16)15(17,18)19)12(9-10)11-5-3-2-4-6-11/h2-9H,1H3. The Morgan fingerprint density at radius 2 is 1.70 bits per heavy atom. The third-order valence-corrected chi connectivity index (χ3v) is 2.99. The number of hydrogen-bond donors (Lipinski definition) is 0. The van der Waals surface area contributed by atoms with Gasteiger partial charge in [0, 0.05) is 5.56 Å². The van der Waals surface area contributed by atoms with Gasteiger partial charge in [0.1, 0.15) is 0 Å². The van der Waals surface area contributed by atoms with Crippen molar-refractivity contribution in [3.05, 3.63) is 54.1 Å². The molecule has 0 fully saturated rings. The number of benzene rings is 2.